The molecule has 0 bridgehead atoms. The fraction of sp³-hybridized carbons (Fsp3) is 0.444. The third-order valence-electron chi connectivity index (χ3n) is 4.59. The van der Waals surface area contributed by atoms with Crippen LogP contribution in [0.5, 0.6) is 0 Å². The van der Waals surface area contributed by atoms with Gasteiger partial charge in [0.05, 0.1) is 11.1 Å². The SMILES string of the molecule is CCCN1CCN(c2ncc(S(=O)(=O)c3ccc(C)cc3)c(N)n2)CC1. The minimum atomic E-state index is -3.73. The molecule has 8 heteroatoms. The molecule has 140 valence electrons. The van der Waals surface area contributed by atoms with Gasteiger partial charge in [0.25, 0.3) is 0 Å². The minimum Gasteiger partial charge on any atom is -0.382 e. The van der Waals surface area contributed by atoms with Gasteiger partial charge < -0.3 is 10.6 Å². The predicted octanol–water partition coefficient (Wildman–Crippen LogP) is 1.73. The van der Waals surface area contributed by atoms with E-state index in [4.69, 9.17) is 5.73 Å². The highest BCUT2D eigenvalue weighted by molar-refractivity contribution is 7.91. The first kappa shape index (κ1) is 18.6. The van der Waals surface area contributed by atoms with E-state index in [1.165, 1.54) is 6.20 Å². The van der Waals surface area contributed by atoms with Gasteiger partial charge in [0, 0.05) is 26.2 Å². The van der Waals surface area contributed by atoms with Gasteiger partial charge in [-0.25, -0.2) is 13.4 Å². The Morgan fingerprint density at radius 1 is 1.12 bits per heavy atom. The summed E-state index contributed by atoms with van der Waals surface area (Å²) in [7, 11) is -3.73. The van der Waals surface area contributed by atoms with E-state index in [1.807, 2.05) is 11.8 Å². The summed E-state index contributed by atoms with van der Waals surface area (Å²) in [5, 5.41) is 0. The Balaban J connectivity index is 1.81. The zero-order chi connectivity index (χ0) is 18.7. The number of sulfone groups is 1. The minimum absolute atomic E-state index is 0.00781. The fourth-order valence-electron chi connectivity index (χ4n) is 3.07. The largest absolute Gasteiger partial charge is 0.382 e. The average Bonchev–Trinajstić information content (AvgIpc) is 2.63. The number of nitrogen functional groups attached to an aromatic ring is 1. The lowest BCUT2D eigenvalue weighted by Crippen LogP contribution is -2.47. The van der Waals surface area contributed by atoms with Gasteiger partial charge in [-0.05, 0) is 32.0 Å². The molecule has 0 atom stereocenters. The van der Waals surface area contributed by atoms with Crippen LogP contribution in [0.1, 0.15) is 18.9 Å². The number of nitrogens with two attached hydrogens (primary N) is 1. The summed E-state index contributed by atoms with van der Waals surface area (Å²) < 4.78 is 25.6. The molecule has 1 aromatic heterocycles. The predicted molar refractivity (Wildman–Crippen MR) is 102 cm³/mol. The van der Waals surface area contributed by atoms with E-state index in [1.54, 1.807) is 24.3 Å². The Morgan fingerprint density at radius 2 is 1.77 bits per heavy atom. The molecule has 0 amide bonds. The number of hydrogen-bond acceptors (Lipinski definition) is 7. The lowest BCUT2D eigenvalue weighted by molar-refractivity contribution is 0.257. The lowest BCUT2D eigenvalue weighted by atomic mass is 10.2. The second-order valence-electron chi connectivity index (χ2n) is 6.56. The Hall–Kier alpha value is -2.19. The molecule has 7 nitrogen and oxygen atoms in total. The Kier molecular flexibility index (Phi) is 5.43. The zero-order valence-electron chi connectivity index (χ0n) is 15.2. The van der Waals surface area contributed by atoms with Crippen molar-refractivity contribution in [2.24, 2.45) is 0 Å². The van der Waals surface area contributed by atoms with Crippen LogP contribution in [0.4, 0.5) is 11.8 Å². The third kappa shape index (κ3) is 3.81. The van der Waals surface area contributed by atoms with Crippen molar-refractivity contribution in [3.63, 3.8) is 0 Å². The van der Waals surface area contributed by atoms with E-state index in [0.717, 1.165) is 44.7 Å². The number of aromatic nitrogens is 2. The third-order valence-corrected chi connectivity index (χ3v) is 6.37. The summed E-state index contributed by atoms with van der Waals surface area (Å²) in [5.41, 5.74) is 6.98. The molecule has 2 N–H and O–H groups in total. The van der Waals surface area contributed by atoms with Gasteiger partial charge in [-0.3, -0.25) is 4.90 Å². The molecular formula is C18H25N5O2S. The van der Waals surface area contributed by atoms with Crippen LogP contribution >= 0.6 is 0 Å². The number of hydrogen-bond donors (Lipinski definition) is 1. The molecule has 0 aliphatic carbocycles. The molecule has 0 saturated carbocycles. The van der Waals surface area contributed by atoms with E-state index in [0.29, 0.717) is 5.95 Å². The Bertz CT molecular complexity index is 860. The summed E-state index contributed by atoms with van der Waals surface area (Å²) in [6.45, 7) is 8.67. The van der Waals surface area contributed by atoms with Gasteiger partial charge in [-0.1, -0.05) is 24.6 Å². The molecule has 1 saturated heterocycles. The normalized spacial score (nSPS) is 16.0. The van der Waals surface area contributed by atoms with E-state index >= 15 is 0 Å². The summed E-state index contributed by atoms with van der Waals surface area (Å²) in [5.74, 6) is 0.480. The molecule has 1 aliphatic heterocycles. The molecule has 0 radical (unpaired) electrons. The number of benzene rings is 1. The van der Waals surface area contributed by atoms with Crippen molar-refractivity contribution in [2.75, 3.05) is 43.4 Å². The van der Waals surface area contributed by atoms with Crippen molar-refractivity contribution in [1.29, 1.82) is 0 Å². The molecule has 1 aliphatic rings. The maximum absolute atomic E-state index is 12.8. The number of aryl methyl sites for hydroxylation is 1. The first-order valence-corrected chi connectivity index (χ1v) is 10.3. The standard InChI is InChI=1S/C18H25N5O2S/c1-3-8-22-9-11-23(12-10-22)18-20-13-16(17(19)21-18)26(24,25)15-6-4-14(2)5-7-15/h4-7,13H,3,8-12H2,1-2H3,(H2,19,20,21). The van der Waals surface area contributed by atoms with Gasteiger partial charge in [-0.15, -0.1) is 0 Å². The van der Waals surface area contributed by atoms with Crippen LogP contribution in [0.3, 0.4) is 0 Å². The number of rotatable bonds is 5. The first-order chi connectivity index (χ1) is 12.4. The molecular weight excluding hydrogens is 350 g/mol. The van der Waals surface area contributed by atoms with Crippen molar-refractivity contribution >= 4 is 21.6 Å². The van der Waals surface area contributed by atoms with E-state index in [2.05, 4.69) is 21.8 Å². The molecule has 2 heterocycles. The zero-order valence-corrected chi connectivity index (χ0v) is 16.0. The van der Waals surface area contributed by atoms with Crippen LogP contribution in [0.15, 0.2) is 40.3 Å². The molecule has 26 heavy (non-hydrogen) atoms. The van der Waals surface area contributed by atoms with Crippen LogP contribution in [0.2, 0.25) is 0 Å². The maximum Gasteiger partial charge on any atom is 0.227 e. The molecule has 1 aromatic carbocycles. The van der Waals surface area contributed by atoms with Gasteiger partial charge >= 0.3 is 0 Å². The smallest absolute Gasteiger partial charge is 0.227 e. The van der Waals surface area contributed by atoms with Crippen LogP contribution in [-0.2, 0) is 9.84 Å². The van der Waals surface area contributed by atoms with Gasteiger partial charge in [-0.2, -0.15) is 4.98 Å². The monoisotopic (exact) mass is 375 g/mol. The highest BCUT2D eigenvalue weighted by Crippen LogP contribution is 2.26. The van der Waals surface area contributed by atoms with Crippen molar-refractivity contribution in [3.05, 3.63) is 36.0 Å². The van der Waals surface area contributed by atoms with Crippen LogP contribution in [0, 0.1) is 6.92 Å². The molecule has 0 unspecified atom stereocenters. The summed E-state index contributed by atoms with van der Waals surface area (Å²) >= 11 is 0. The van der Waals surface area contributed by atoms with Crippen LogP contribution in [0.25, 0.3) is 0 Å². The van der Waals surface area contributed by atoms with Gasteiger partial charge in [0.15, 0.2) is 0 Å². The topological polar surface area (TPSA) is 92.4 Å². The highest BCUT2D eigenvalue weighted by atomic mass is 32.2. The average molecular weight is 375 g/mol. The summed E-state index contributed by atoms with van der Waals surface area (Å²) in [6, 6.07) is 6.66. The Morgan fingerprint density at radius 3 is 2.35 bits per heavy atom. The van der Waals surface area contributed by atoms with Crippen molar-refractivity contribution < 1.29 is 8.42 Å². The van der Waals surface area contributed by atoms with Gasteiger partial charge in [0.1, 0.15) is 10.7 Å². The molecule has 1 fully saturated rings. The van der Waals surface area contributed by atoms with Crippen molar-refractivity contribution in [3.8, 4) is 0 Å². The van der Waals surface area contributed by atoms with E-state index < -0.39 is 9.84 Å². The van der Waals surface area contributed by atoms with E-state index in [-0.39, 0.29) is 15.6 Å². The fourth-order valence-corrected chi connectivity index (χ4v) is 4.33. The van der Waals surface area contributed by atoms with Crippen molar-refractivity contribution in [2.45, 2.75) is 30.1 Å². The second-order valence-corrected chi connectivity index (χ2v) is 8.48. The lowest BCUT2D eigenvalue weighted by Gasteiger charge is -2.34. The second kappa shape index (κ2) is 7.59. The quantitative estimate of drug-likeness (QED) is 0.851. The van der Waals surface area contributed by atoms with E-state index in [9.17, 15) is 8.42 Å². The van der Waals surface area contributed by atoms with Crippen molar-refractivity contribution in [1.82, 2.24) is 14.9 Å². The first-order valence-electron chi connectivity index (χ1n) is 8.83. The van der Waals surface area contributed by atoms with Gasteiger partial charge in [0.2, 0.25) is 15.8 Å². The van der Waals surface area contributed by atoms with Crippen LogP contribution < -0.4 is 10.6 Å². The number of piperazine rings is 1. The van der Waals surface area contributed by atoms with Crippen LogP contribution in [-0.4, -0.2) is 56.0 Å². The maximum atomic E-state index is 12.8. The summed E-state index contributed by atoms with van der Waals surface area (Å²) in [6.07, 6.45) is 2.46. The molecule has 3 rings (SSSR count). The number of nitrogens with zero attached hydrogens (tertiary/aromatic N) is 4. The number of anilines is 2. The molecule has 0 spiro atoms. The Labute approximate surface area is 154 Å². The molecule has 2 aromatic rings. The highest BCUT2D eigenvalue weighted by Gasteiger charge is 2.24. The summed E-state index contributed by atoms with van der Waals surface area (Å²) in [4.78, 5) is 13.1.